The van der Waals surface area contributed by atoms with Gasteiger partial charge < -0.3 is 10.1 Å². The molecule has 0 aromatic rings. The zero-order valence-corrected chi connectivity index (χ0v) is 12.2. The van der Waals surface area contributed by atoms with Gasteiger partial charge in [0.2, 0.25) is 0 Å². The molecule has 3 fully saturated rings. The monoisotopic (exact) mass is 267 g/mol. The third-order valence-corrected chi connectivity index (χ3v) is 5.28. The van der Waals surface area contributed by atoms with Gasteiger partial charge in [0.15, 0.2) is 0 Å². The Hall–Kier alpha value is -0.610. The van der Waals surface area contributed by atoms with E-state index in [9.17, 15) is 4.79 Å². The van der Waals surface area contributed by atoms with Gasteiger partial charge in [-0.1, -0.05) is 13.8 Å². The third kappa shape index (κ3) is 2.79. The Morgan fingerprint density at radius 1 is 1.37 bits per heavy atom. The molecule has 3 rings (SSSR count). The van der Waals surface area contributed by atoms with Gasteiger partial charge >= 0.3 is 5.97 Å². The molecule has 0 radical (unpaired) electrons. The minimum Gasteiger partial charge on any atom is -0.462 e. The molecule has 0 spiro atoms. The van der Waals surface area contributed by atoms with E-state index in [0.717, 1.165) is 19.6 Å². The molecular weight excluding hydrogens is 240 g/mol. The van der Waals surface area contributed by atoms with E-state index in [1.165, 1.54) is 19.5 Å². The van der Waals surface area contributed by atoms with Crippen LogP contribution in [0, 0.1) is 23.7 Å². The van der Waals surface area contributed by atoms with Gasteiger partial charge in [-0.15, -0.1) is 0 Å². The topological polar surface area (TPSA) is 46.2 Å². The van der Waals surface area contributed by atoms with Crippen molar-refractivity contribution in [1.82, 2.24) is 4.90 Å². The Kier molecular flexibility index (Phi) is 3.81. The molecule has 2 aliphatic heterocycles. The number of fused-ring (bicyclic) bond motifs is 1. The zero-order valence-electron chi connectivity index (χ0n) is 12.2. The number of nitrogens with two attached hydrogens (primary N) is 1. The first kappa shape index (κ1) is 13.4. The molecule has 19 heavy (non-hydrogen) atoms. The van der Waals surface area contributed by atoms with Gasteiger partial charge in [-0.3, -0.25) is 9.69 Å². The van der Waals surface area contributed by atoms with Crippen molar-refractivity contribution >= 4 is 5.97 Å². The summed E-state index contributed by atoms with van der Waals surface area (Å²) in [5, 5.41) is 2.35. The summed E-state index contributed by atoms with van der Waals surface area (Å²) in [6.45, 7) is 9.22. The highest BCUT2D eigenvalue weighted by Gasteiger charge is 2.45. The standard InChI is InChI=1S/C15H26N2O2/c1-10-5-11(2)15-12(8-17-4-3-16-9-17)7-14(18)19-13(15)6-10/h10-13,15-16H,3-9H2,1-2H3/p+1. The molecule has 0 aromatic heterocycles. The van der Waals surface area contributed by atoms with Gasteiger partial charge in [-0.25, -0.2) is 0 Å². The summed E-state index contributed by atoms with van der Waals surface area (Å²) in [4.78, 5) is 14.4. The Morgan fingerprint density at radius 2 is 2.21 bits per heavy atom. The second kappa shape index (κ2) is 5.41. The number of hydrogen-bond acceptors (Lipinski definition) is 3. The lowest BCUT2D eigenvalue weighted by atomic mass is 9.66. The number of esters is 1. The molecule has 108 valence electrons. The van der Waals surface area contributed by atoms with Crippen LogP contribution < -0.4 is 5.32 Å². The van der Waals surface area contributed by atoms with Crippen molar-refractivity contribution in [1.29, 1.82) is 0 Å². The van der Waals surface area contributed by atoms with Crippen molar-refractivity contribution in [2.75, 3.05) is 26.3 Å². The Labute approximate surface area is 115 Å². The highest BCUT2D eigenvalue weighted by molar-refractivity contribution is 5.71. The molecule has 2 N–H and O–H groups in total. The van der Waals surface area contributed by atoms with Crippen molar-refractivity contribution < 1.29 is 14.8 Å². The second-order valence-electron chi connectivity index (χ2n) is 6.96. The van der Waals surface area contributed by atoms with E-state index in [4.69, 9.17) is 4.74 Å². The predicted molar refractivity (Wildman–Crippen MR) is 72.3 cm³/mol. The summed E-state index contributed by atoms with van der Waals surface area (Å²) in [6, 6.07) is 0. The fraction of sp³-hybridized carbons (Fsp3) is 0.933. The summed E-state index contributed by atoms with van der Waals surface area (Å²) in [7, 11) is 0. The Bertz CT molecular complexity index is 341. The average Bonchev–Trinajstić information content (AvgIpc) is 2.79. The largest absolute Gasteiger partial charge is 0.462 e. The first-order chi connectivity index (χ1) is 9.13. The van der Waals surface area contributed by atoms with Crippen molar-refractivity contribution in [2.45, 2.75) is 39.2 Å². The maximum absolute atomic E-state index is 11.9. The van der Waals surface area contributed by atoms with E-state index >= 15 is 0 Å². The van der Waals surface area contributed by atoms with Crippen molar-refractivity contribution in [3.05, 3.63) is 0 Å². The molecule has 3 aliphatic rings. The van der Waals surface area contributed by atoms with E-state index in [0.29, 0.717) is 30.1 Å². The van der Waals surface area contributed by atoms with Gasteiger partial charge in [0.05, 0.1) is 13.1 Å². The van der Waals surface area contributed by atoms with Crippen molar-refractivity contribution in [3.63, 3.8) is 0 Å². The molecule has 0 aromatic carbocycles. The zero-order chi connectivity index (χ0) is 13.4. The van der Waals surface area contributed by atoms with E-state index in [1.54, 1.807) is 0 Å². The van der Waals surface area contributed by atoms with Gasteiger partial charge in [-0.2, -0.15) is 0 Å². The third-order valence-electron chi connectivity index (χ3n) is 5.28. The average molecular weight is 267 g/mol. The van der Waals surface area contributed by atoms with Crippen molar-refractivity contribution in [2.24, 2.45) is 23.7 Å². The molecule has 1 saturated carbocycles. The van der Waals surface area contributed by atoms with E-state index < -0.39 is 0 Å². The summed E-state index contributed by atoms with van der Waals surface area (Å²) in [5.41, 5.74) is 0. The van der Waals surface area contributed by atoms with Gasteiger partial charge in [0.25, 0.3) is 0 Å². The SMILES string of the molecule is CC1CC(C)C2C(CN3CC[NH2+]C3)CC(=O)OC2C1. The number of hydrogen-bond donors (Lipinski definition) is 1. The number of nitrogens with zero attached hydrogens (tertiary/aromatic N) is 1. The lowest BCUT2D eigenvalue weighted by Gasteiger charge is -2.46. The summed E-state index contributed by atoms with van der Waals surface area (Å²) in [6.07, 6.45) is 3.19. The molecular formula is C15H27N2O2+. The molecule has 1 aliphatic carbocycles. The Balaban J connectivity index is 1.71. The van der Waals surface area contributed by atoms with Crippen LogP contribution in [0.25, 0.3) is 0 Å². The van der Waals surface area contributed by atoms with Crippen LogP contribution in [-0.2, 0) is 9.53 Å². The van der Waals surface area contributed by atoms with Crippen molar-refractivity contribution in [3.8, 4) is 0 Å². The molecule has 2 heterocycles. The second-order valence-corrected chi connectivity index (χ2v) is 6.96. The number of rotatable bonds is 2. The summed E-state index contributed by atoms with van der Waals surface area (Å²) >= 11 is 0. The summed E-state index contributed by atoms with van der Waals surface area (Å²) in [5.74, 6) is 2.53. The van der Waals surface area contributed by atoms with E-state index in [-0.39, 0.29) is 12.1 Å². The fourth-order valence-electron chi connectivity index (χ4n) is 4.59. The molecule has 5 atom stereocenters. The number of carbonyl (C=O) groups is 1. The molecule has 0 amide bonds. The lowest BCUT2D eigenvalue weighted by molar-refractivity contribution is -0.643. The normalized spacial score (nSPS) is 43.9. The highest BCUT2D eigenvalue weighted by Crippen LogP contribution is 2.43. The maximum atomic E-state index is 11.9. The first-order valence-corrected chi connectivity index (χ1v) is 7.87. The van der Waals surface area contributed by atoms with Crippen LogP contribution >= 0.6 is 0 Å². The van der Waals surface area contributed by atoms with Crippen LogP contribution in [0.4, 0.5) is 0 Å². The van der Waals surface area contributed by atoms with Crippen LogP contribution in [0.15, 0.2) is 0 Å². The van der Waals surface area contributed by atoms with E-state index in [1.807, 2.05) is 0 Å². The highest BCUT2D eigenvalue weighted by atomic mass is 16.5. The van der Waals surface area contributed by atoms with Gasteiger partial charge in [0, 0.05) is 18.9 Å². The fourth-order valence-corrected chi connectivity index (χ4v) is 4.59. The first-order valence-electron chi connectivity index (χ1n) is 7.87. The minimum atomic E-state index is 0.0377. The smallest absolute Gasteiger partial charge is 0.306 e. The number of quaternary nitrogens is 1. The summed E-state index contributed by atoms with van der Waals surface area (Å²) < 4.78 is 5.66. The minimum absolute atomic E-state index is 0.0377. The van der Waals surface area contributed by atoms with Gasteiger partial charge in [-0.05, 0) is 30.6 Å². The number of carbonyl (C=O) groups excluding carboxylic acids is 1. The van der Waals surface area contributed by atoms with Crippen LogP contribution in [0.5, 0.6) is 0 Å². The molecule has 4 heteroatoms. The quantitative estimate of drug-likeness (QED) is 0.738. The van der Waals surface area contributed by atoms with Crippen LogP contribution in [-0.4, -0.2) is 43.3 Å². The Morgan fingerprint density at radius 3 is 2.95 bits per heavy atom. The lowest BCUT2D eigenvalue weighted by Crippen LogP contribution is -2.82. The predicted octanol–water partition coefficient (Wildman–Crippen LogP) is 0.437. The van der Waals surface area contributed by atoms with Gasteiger partial charge in [0.1, 0.15) is 12.8 Å². The molecule has 0 bridgehead atoms. The maximum Gasteiger partial charge on any atom is 0.306 e. The van der Waals surface area contributed by atoms with E-state index in [2.05, 4.69) is 24.1 Å². The van der Waals surface area contributed by atoms with Crippen LogP contribution in [0.3, 0.4) is 0 Å². The van der Waals surface area contributed by atoms with Crippen LogP contribution in [0.1, 0.15) is 33.1 Å². The molecule has 4 nitrogen and oxygen atoms in total. The molecule has 2 saturated heterocycles. The molecule has 5 unspecified atom stereocenters. The number of ether oxygens (including phenoxy) is 1. The van der Waals surface area contributed by atoms with Crippen LogP contribution in [0.2, 0.25) is 0 Å².